The van der Waals surface area contributed by atoms with E-state index in [2.05, 4.69) is 32.9 Å². The number of aryl methyl sites for hydroxylation is 3. The highest BCUT2D eigenvalue weighted by molar-refractivity contribution is 5.38. The Hall–Kier alpha value is -0.900. The zero-order chi connectivity index (χ0) is 12.6. The lowest BCUT2D eigenvalue weighted by Gasteiger charge is -2.38. The van der Waals surface area contributed by atoms with Crippen molar-refractivity contribution in [3.63, 3.8) is 0 Å². The lowest BCUT2D eigenvalue weighted by molar-refractivity contribution is -0.270. The van der Waals surface area contributed by atoms with Crippen molar-refractivity contribution in [3.8, 4) is 0 Å². The Labute approximate surface area is 103 Å². The molecule has 3 heteroatoms. The molecule has 0 aromatic heterocycles. The van der Waals surface area contributed by atoms with E-state index in [0.717, 1.165) is 5.56 Å². The number of ether oxygens (including phenoxy) is 2. The minimum atomic E-state index is -0.654. The van der Waals surface area contributed by atoms with E-state index < -0.39 is 5.79 Å². The van der Waals surface area contributed by atoms with Crippen LogP contribution in [0.25, 0.3) is 0 Å². The lowest BCUT2D eigenvalue weighted by Crippen LogP contribution is -2.46. The first-order valence-corrected chi connectivity index (χ1v) is 6.04. The van der Waals surface area contributed by atoms with Gasteiger partial charge in [-0.25, -0.2) is 0 Å². The molecular formula is C14H21NO2. The highest BCUT2D eigenvalue weighted by atomic mass is 16.7. The van der Waals surface area contributed by atoms with Gasteiger partial charge in [0, 0.05) is 5.56 Å². The first kappa shape index (κ1) is 12.6. The van der Waals surface area contributed by atoms with Crippen molar-refractivity contribution in [1.29, 1.82) is 0 Å². The van der Waals surface area contributed by atoms with Crippen molar-refractivity contribution in [2.45, 2.75) is 39.5 Å². The predicted octanol–water partition coefficient (Wildman–Crippen LogP) is 2.16. The molecule has 1 aliphatic heterocycles. The van der Waals surface area contributed by atoms with Crippen LogP contribution in [0.4, 0.5) is 0 Å². The standard InChI is InChI=1S/C14H21NO2/c1-9-5-11(3)13(6-10(9)2)14(4)16-7-12(15)8-17-14/h5-6,12H,7-8,15H2,1-4H3. The van der Waals surface area contributed by atoms with Crippen molar-refractivity contribution < 1.29 is 9.47 Å². The quantitative estimate of drug-likeness (QED) is 0.811. The van der Waals surface area contributed by atoms with Gasteiger partial charge >= 0.3 is 0 Å². The molecule has 0 saturated carbocycles. The monoisotopic (exact) mass is 235 g/mol. The molecule has 94 valence electrons. The summed E-state index contributed by atoms with van der Waals surface area (Å²) in [7, 11) is 0. The fraction of sp³-hybridized carbons (Fsp3) is 0.571. The SMILES string of the molecule is Cc1cc(C)c(C2(C)OCC(N)CO2)cc1C. The normalized spacial score (nSPS) is 29.4. The first-order valence-electron chi connectivity index (χ1n) is 6.04. The third-order valence-corrected chi connectivity index (χ3v) is 3.48. The molecule has 1 heterocycles. The number of hydrogen-bond acceptors (Lipinski definition) is 3. The lowest BCUT2D eigenvalue weighted by atomic mass is 9.95. The average Bonchev–Trinajstić information content (AvgIpc) is 2.28. The third-order valence-electron chi connectivity index (χ3n) is 3.48. The molecule has 1 saturated heterocycles. The smallest absolute Gasteiger partial charge is 0.192 e. The molecule has 2 rings (SSSR count). The van der Waals surface area contributed by atoms with Crippen molar-refractivity contribution in [2.24, 2.45) is 5.73 Å². The van der Waals surface area contributed by atoms with Gasteiger partial charge in [-0.2, -0.15) is 0 Å². The van der Waals surface area contributed by atoms with E-state index >= 15 is 0 Å². The molecule has 0 radical (unpaired) electrons. The molecule has 1 fully saturated rings. The molecule has 1 aromatic rings. The van der Waals surface area contributed by atoms with E-state index in [1.54, 1.807) is 0 Å². The van der Waals surface area contributed by atoms with Crippen molar-refractivity contribution in [3.05, 3.63) is 34.4 Å². The highest BCUT2D eigenvalue weighted by Crippen LogP contribution is 2.33. The van der Waals surface area contributed by atoms with Crippen LogP contribution in [0.15, 0.2) is 12.1 Å². The Morgan fingerprint density at radius 1 is 1.06 bits per heavy atom. The summed E-state index contributed by atoms with van der Waals surface area (Å²) < 4.78 is 11.6. The van der Waals surface area contributed by atoms with E-state index in [1.807, 2.05) is 6.92 Å². The van der Waals surface area contributed by atoms with Gasteiger partial charge in [-0.15, -0.1) is 0 Å². The van der Waals surface area contributed by atoms with E-state index in [-0.39, 0.29) is 6.04 Å². The van der Waals surface area contributed by atoms with Gasteiger partial charge in [-0.1, -0.05) is 12.1 Å². The molecule has 1 aliphatic rings. The maximum absolute atomic E-state index is 5.79. The van der Waals surface area contributed by atoms with E-state index in [0.29, 0.717) is 13.2 Å². The number of nitrogens with two attached hydrogens (primary N) is 1. The van der Waals surface area contributed by atoms with E-state index in [9.17, 15) is 0 Å². The Morgan fingerprint density at radius 3 is 2.18 bits per heavy atom. The summed E-state index contributed by atoms with van der Waals surface area (Å²) >= 11 is 0. The van der Waals surface area contributed by atoms with Gasteiger partial charge < -0.3 is 15.2 Å². The van der Waals surface area contributed by atoms with Crippen LogP contribution in [0.2, 0.25) is 0 Å². The van der Waals surface area contributed by atoms with Gasteiger partial charge in [0.25, 0.3) is 0 Å². The Kier molecular flexibility index (Phi) is 3.25. The summed E-state index contributed by atoms with van der Waals surface area (Å²) in [6.07, 6.45) is 0. The molecule has 0 atom stereocenters. The molecule has 0 bridgehead atoms. The average molecular weight is 235 g/mol. The van der Waals surface area contributed by atoms with Crippen LogP contribution in [0.3, 0.4) is 0 Å². The summed E-state index contributed by atoms with van der Waals surface area (Å²) in [5, 5.41) is 0. The van der Waals surface area contributed by atoms with E-state index in [4.69, 9.17) is 15.2 Å². The minimum Gasteiger partial charge on any atom is -0.344 e. The number of benzene rings is 1. The molecule has 0 unspecified atom stereocenters. The summed E-state index contributed by atoms with van der Waals surface area (Å²) in [6.45, 7) is 9.37. The second kappa shape index (κ2) is 4.41. The molecule has 2 N–H and O–H groups in total. The molecule has 0 spiro atoms. The molecule has 1 aromatic carbocycles. The van der Waals surface area contributed by atoms with Crippen LogP contribution in [0, 0.1) is 20.8 Å². The van der Waals surface area contributed by atoms with Gasteiger partial charge in [-0.3, -0.25) is 0 Å². The van der Waals surface area contributed by atoms with Gasteiger partial charge in [0.1, 0.15) is 0 Å². The highest BCUT2D eigenvalue weighted by Gasteiger charge is 2.35. The molecule has 3 nitrogen and oxygen atoms in total. The Morgan fingerprint density at radius 2 is 1.59 bits per heavy atom. The predicted molar refractivity (Wildman–Crippen MR) is 67.9 cm³/mol. The molecule has 0 aliphatic carbocycles. The number of hydrogen-bond donors (Lipinski definition) is 1. The summed E-state index contributed by atoms with van der Waals surface area (Å²) in [5.41, 5.74) is 10.6. The fourth-order valence-electron chi connectivity index (χ4n) is 2.23. The van der Waals surface area contributed by atoms with Gasteiger partial charge in [-0.05, 0) is 44.4 Å². The van der Waals surface area contributed by atoms with Crippen LogP contribution < -0.4 is 5.73 Å². The molecular weight excluding hydrogens is 214 g/mol. The number of rotatable bonds is 1. The summed E-state index contributed by atoms with van der Waals surface area (Å²) in [4.78, 5) is 0. The third kappa shape index (κ3) is 2.37. The fourth-order valence-corrected chi connectivity index (χ4v) is 2.23. The Bertz CT molecular complexity index is 420. The maximum Gasteiger partial charge on any atom is 0.192 e. The van der Waals surface area contributed by atoms with Crippen LogP contribution in [-0.2, 0) is 15.3 Å². The van der Waals surface area contributed by atoms with Gasteiger partial charge in [0.05, 0.1) is 19.3 Å². The summed E-state index contributed by atoms with van der Waals surface area (Å²) in [5.74, 6) is -0.654. The Balaban J connectivity index is 2.36. The minimum absolute atomic E-state index is 0.0186. The van der Waals surface area contributed by atoms with Crippen molar-refractivity contribution in [1.82, 2.24) is 0 Å². The maximum atomic E-state index is 5.79. The van der Waals surface area contributed by atoms with Gasteiger partial charge in [0.15, 0.2) is 5.79 Å². The summed E-state index contributed by atoms with van der Waals surface area (Å²) in [6, 6.07) is 4.31. The van der Waals surface area contributed by atoms with Crippen LogP contribution >= 0.6 is 0 Å². The van der Waals surface area contributed by atoms with Crippen molar-refractivity contribution in [2.75, 3.05) is 13.2 Å². The zero-order valence-electron chi connectivity index (χ0n) is 11.0. The van der Waals surface area contributed by atoms with Crippen LogP contribution in [0.1, 0.15) is 29.2 Å². The topological polar surface area (TPSA) is 44.5 Å². The van der Waals surface area contributed by atoms with Crippen LogP contribution in [0.5, 0.6) is 0 Å². The van der Waals surface area contributed by atoms with Crippen LogP contribution in [-0.4, -0.2) is 19.3 Å². The first-order chi connectivity index (χ1) is 7.92. The van der Waals surface area contributed by atoms with E-state index in [1.165, 1.54) is 16.7 Å². The second-order valence-corrected chi connectivity index (χ2v) is 5.08. The van der Waals surface area contributed by atoms with Gasteiger partial charge in [0.2, 0.25) is 0 Å². The zero-order valence-corrected chi connectivity index (χ0v) is 11.0. The van der Waals surface area contributed by atoms with Crippen molar-refractivity contribution >= 4 is 0 Å². The largest absolute Gasteiger partial charge is 0.344 e. The molecule has 17 heavy (non-hydrogen) atoms. The molecule has 0 amide bonds. The second-order valence-electron chi connectivity index (χ2n) is 5.08.